The van der Waals surface area contributed by atoms with E-state index in [1.54, 1.807) is 36.4 Å². The Kier molecular flexibility index (Phi) is 13.6. The van der Waals surface area contributed by atoms with Crippen LogP contribution in [0.1, 0.15) is 0 Å². The number of hydrogen-bond acceptors (Lipinski definition) is 6. The summed E-state index contributed by atoms with van der Waals surface area (Å²) < 4.78 is 0. The second-order valence-corrected chi connectivity index (χ2v) is 4.34. The Morgan fingerprint density at radius 3 is 0.500 bits per heavy atom. The Morgan fingerprint density at radius 1 is 0.308 bits per heavy atom. The first-order chi connectivity index (χ1) is 11.4. The predicted molar refractivity (Wildman–Crippen MR) is 87.5 cm³/mol. The molecule has 0 unspecified atom stereocenters. The van der Waals surface area contributed by atoms with Gasteiger partial charge in [-0.15, -0.1) is 34.5 Å². The van der Waals surface area contributed by atoms with Crippen LogP contribution in [0.25, 0.3) is 0 Å². The molecule has 0 bridgehead atoms. The van der Waals surface area contributed by atoms with Gasteiger partial charge < -0.3 is 30.6 Å². The molecule has 0 atom stereocenters. The molecule has 26 heavy (non-hydrogen) atoms. The van der Waals surface area contributed by atoms with E-state index in [4.69, 9.17) is 0 Å². The van der Waals surface area contributed by atoms with E-state index in [9.17, 15) is 30.6 Å². The topological polar surface area (TPSA) is 138 Å². The van der Waals surface area contributed by atoms with E-state index in [0.717, 1.165) is 0 Å². The van der Waals surface area contributed by atoms with E-state index in [0.29, 0.717) is 0 Å². The zero-order chi connectivity index (χ0) is 17.9. The van der Waals surface area contributed by atoms with Crippen LogP contribution in [0.4, 0.5) is 0 Å². The molecule has 126 valence electrons. The maximum atomic E-state index is 10.3. The van der Waals surface area contributed by atoms with Crippen molar-refractivity contribution in [2.24, 2.45) is 0 Å². The van der Waals surface area contributed by atoms with Gasteiger partial charge in [0.25, 0.3) is 0 Å². The zero-order valence-corrected chi connectivity index (χ0v) is 15.8. The van der Waals surface area contributed by atoms with Crippen molar-refractivity contribution in [2.75, 3.05) is 0 Å². The van der Waals surface area contributed by atoms with Gasteiger partial charge >= 0.3 is 34.7 Å². The molecule has 0 radical (unpaired) electrons. The molecule has 0 N–H and O–H groups in total. The molecule has 8 heteroatoms. The molecule has 0 fully saturated rings. The Hall–Kier alpha value is -2.48. The SMILES string of the molecule is [Al+3].[Al+3].[O-]c1ccccc1[O-].[O-]c1ccccc1[O-].[O-]c1ccccc1[O-]. The molecule has 0 aromatic heterocycles. The summed E-state index contributed by atoms with van der Waals surface area (Å²) in [4.78, 5) is 0. The van der Waals surface area contributed by atoms with Crippen molar-refractivity contribution in [3.8, 4) is 34.5 Å². The first-order valence-corrected chi connectivity index (χ1v) is 6.71. The van der Waals surface area contributed by atoms with Crippen molar-refractivity contribution < 1.29 is 30.6 Å². The summed E-state index contributed by atoms with van der Waals surface area (Å²) in [5, 5.41) is 61.8. The molecule has 0 aliphatic rings. The molecule has 0 amide bonds. The fourth-order valence-corrected chi connectivity index (χ4v) is 1.35. The average molecular weight is 378 g/mol. The standard InChI is InChI=1S/3C6H6O2.2Al/c3*7-5-3-1-2-4-6(5)8;;/h3*1-4,7-8H;;/q;;;2*+3/p-6. The fraction of sp³-hybridized carbons (Fsp3) is 0. The van der Waals surface area contributed by atoms with Gasteiger partial charge in [-0.2, -0.15) is 0 Å². The van der Waals surface area contributed by atoms with Crippen LogP contribution in [0, 0.1) is 0 Å². The molecule has 0 aliphatic carbocycles. The number of hydrogen-bond donors (Lipinski definition) is 0. The Balaban J connectivity index is 0. The summed E-state index contributed by atoms with van der Waals surface area (Å²) in [5.41, 5.74) is 0. The monoisotopic (exact) mass is 378 g/mol. The third-order valence-corrected chi connectivity index (χ3v) is 2.55. The maximum absolute atomic E-state index is 10.3. The van der Waals surface area contributed by atoms with Crippen LogP contribution in [-0.4, -0.2) is 34.7 Å². The first-order valence-electron chi connectivity index (χ1n) is 6.71. The van der Waals surface area contributed by atoms with Gasteiger partial charge in [-0.25, -0.2) is 0 Å². The van der Waals surface area contributed by atoms with Crippen LogP contribution >= 0.6 is 0 Å². The summed E-state index contributed by atoms with van der Waals surface area (Å²) in [6.07, 6.45) is 0. The van der Waals surface area contributed by atoms with Crippen molar-refractivity contribution in [3.63, 3.8) is 0 Å². The minimum atomic E-state index is -0.437. The van der Waals surface area contributed by atoms with Crippen molar-refractivity contribution in [1.29, 1.82) is 0 Å². The molecule has 6 nitrogen and oxygen atoms in total. The number of para-hydroxylation sites is 6. The Bertz CT molecular complexity index is 602. The van der Waals surface area contributed by atoms with Gasteiger partial charge in [-0.05, 0) is 0 Å². The van der Waals surface area contributed by atoms with Crippen LogP contribution < -0.4 is 30.6 Å². The van der Waals surface area contributed by atoms with E-state index in [1.165, 1.54) is 36.4 Å². The second-order valence-electron chi connectivity index (χ2n) is 4.34. The van der Waals surface area contributed by atoms with E-state index in [-0.39, 0.29) is 34.7 Å². The van der Waals surface area contributed by atoms with Gasteiger partial charge in [0, 0.05) is 0 Å². The summed E-state index contributed by atoms with van der Waals surface area (Å²) in [5.74, 6) is -2.62. The van der Waals surface area contributed by atoms with Crippen LogP contribution in [0.3, 0.4) is 0 Å². The van der Waals surface area contributed by atoms with Crippen LogP contribution in [0.15, 0.2) is 72.8 Å². The first kappa shape index (κ1) is 25.8. The number of benzene rings is 3. The van der Waals surface area contributed by atoms with Gasteiger partial charge in [-0.1, -0.05) is 72.8 Å². The number of rotatable bonds is 0. The van der Waals surface area contributed by atoms with E-state index in [1.807, 2.05) is 0 Å². The molecule has 0 saturated carbocycles. The summed E-state index contributed by atoms with van der Waals surface area (Å²) >= 11 is 0. The van der Waals surface area contributed by atoms with Crippen LogP contribution in [0.2, 0.25) is 0 Å². The molecule has 3 rings (SSSR count). The van der Waals surface area contributed by atoms with Crippen molar-refractivity contribution in [2.45, 2.75) is 0 Å². The van der Waals surface area contributed by atoms with Crippen LogP contribution in [-0.2, 0) is 0 Å². The van der Waals surface area contributed by atoms with Gasteiger partial charge in [0.15, 0.2) is 0 Å². The molecule has 3 aromatic carbocycles. The van der Waals surface area contributed by atoms with Gasteiger partial charge in [0.2, 0.25) is 0 Å². The summed E-state index contributed by atoms with van der Waals surface area (Å²) in [6, 6.07) is 16.8. The minimum absolute atomic E-state index is 0. The molecule has 0 aliphatic heterocycles. The molecule has 0 spiro atoms. The van der Waals surface area contributed by atoms with Gasteiger partial charge in [0.1, 0.15) is 0 Å². The molecular weight excluding hydrogens is 366 g/mol. The quantitative estimate of drug-likeness (QED) is 0.448. The third-order valence-electron chi connectivity index (χ3n) is 2.55. The smallest absolute Gasteiger partial charge is 0.873 e. The fourth-order valence-electron chi connectivity index (χ4n) is 1.35. The second kappa shape index (κ2) is 13.8. The average Bonchev–Trinajstić information content (AvgIpc) is 2.57. The maximum Gasteiger partial charge on any atom is 3.00 e. The largest absolute Gasteiger partial charge is 3.00 e. The third kappa shape index (κ3) is 9.73. The molecule has 3 aromatic rings. The molecule has 0 heterocycles. The summed E-state index contributed by atoms with van der Waals surface area (Å²) in [7, 11) is 0. The van der Waals surface area contributed by atoms with Gasteiger partial charge in [-0.3, -0.25) is 0 Å². The van der Waals surface area contributed by atoms with Crippen molar-refractivity contribution in [3.05, 3.63) is 72.8 Å². The Morgan fingerprint density at radius 2 is 0.423 bits per heavy atom. The molecule has 0 saturated heterocycles. The molecular formula is C18H12Al2O6. The Labute approximate surface area is 172 Å². The summed E-state index contributed by atoms with van der Waals surface area (Å²) in [6.45, 7) is 0. The normalized spacial score (nSPS) is 8.31. The van der Waals surface area contributed by atoms with Crippen molar-refractivity contribution in [1.82, 2.24) is 0 Å². The van der Waals surface area contributed by atoms with Crippen LogP contribution in [0.5, 0.6) is 34.5 Å². The zero-order valence-electron chi connectivity index (χ0n) is 13.5. The van der Waals surface area contributed by atoms with E-state index >= 15 is 0 Å². The van der Waals surface area contributed by atoms with Crippen molar-refractivity contribution >= 4 is 34.7 Å². The van der Waals surface area contributed by atoms with Gasteiger partial charge in [0.05, 0.1) is 0 Å². The van der Waals surface area contributed by atoms with E-state index in [2.05, 4.69) is 0 Å². The minimum Gasteiger partial charge on any atom is -0.873 e. The predicted octanol–water partition coefficient (Wildman–Crippen LogP) is -1.26. The van der Waals surface area contributed by atoms with E-state index < -0.39 is 34.5 Å².